The highest BCUT2D eigenvalue weighted by Gasteiger charge is 2.51. The van der Waals surface area contributed by atoms with Gasteiger partial charge >= 0.3 is 5.97 Å². The minimum absolute atomic E-state index is 0.132. The van der Waals surface area contributed by atoms with Gasteiger partial charge in [0.2, 0.25) is 0 Å². The Balaban J connectivity index is 1.89. The van der Waals surface area contributed by atoms with Gasteiger partial charge in [-0.25, -0.2) is 14.8 Å². The molecule has 0 amide bonds. The largest absolute Gasteiger partial charge is 0.464 e. The van der Waals surface area contributed by atoms with Crippen molar-refractivity contribution < 1.29 is 9.53 Å². The van der Waals surface area contributed by atoms with Crippen LogP contribution in [0.2, 0.25) is 15.1 Å². The third-order valence-corrected chi connectivity index (χ3v) is 5.75. The first-order valence-corrected chi connectivity index (χ1v) is 9.21. The van der Waals surface area contributed by atoms with E-state index in [9.17, 15) is 4.79 Å². The number of ether oxygens (including phenoxy) is 1. The highest BCUT2D eigenvalue weighted by Crippen LogP contribution is 2.57. The molecule has 2 aromatic rings. The van der Waals surface area contributed by atoms with E-state index < -0.39 is 11.4 Å². The van der Waals surface area contributed by atoms with Gasteiger partial charge in [0.25, 0.3) is 0 Å². The van der Waals surface area contributed by atoms with Gasteiger partial charge in [0.15, 0.2) is 5.69 Å². The lowest BCUT2D eigenvalue weighted by molar-refractivity contribution is 0.0593. The molecule has 0 radical (unpaired) electrons. The second kappa shape index (κ2) is 6.11. The number of nitrogens with zero attached hydrogens (tertiary/aromatic N) is 2. The molecule has 0 atom stereocenters. The highest BCUT2D eigenvalue weighted by atomic mass is 35.5. The van der Waals surface area contributed by atoms with E-state index in [2.05, 4.69) is 4.98 Å². The molecule has 1 aromatic carbocycles. The SMILES string of the molecule is COC(=O)c1nc(C2CC2)nc(C2(c3ccc(Cl)cc3Cl)CC2)c1Cl. The van der Waals surface area contributed by atoms with Crippen molar-refractivity contribution >= 4 is 40.8 Å². The number of esters is 1. The smallest absolute Gasteiger partial charge is 0.358 e. The van der Waals surface area contributed by atoms with E-state index in [0.717, 1.165) is 31.2 Å². The molecule has 1 aromatic heterocycles. The molecule has 4 rings (SSSR count). The van der Waals surface area contributed by atoms with Crippen molar-refractivity contribution in [2.24, 2.45) is 0 Å². The Bertz CT molecular complexity index is 877. The Morgan fingerprint density at radius 1 is 1.20 bits per heavy atom. The highest BCUT2D eigenvalue weighted by molar-refractivity contribution is 6.35. The molecule has 0 unspecified atom stereocenters. The molecule has 4 nitrogen and oxygen atoms in total. The molecule has 1 heterocycles. The molecule has 0 saturated heterocycles. The zero-order valence-electron chi connectivity index (χ0n) is 13.5. The maximum Gasteiger partial charge on any atom is 0.358 e. The second-order valence-electron chi connectivity index (χ2n) is 6.57. The molecular formula is C18H15Cl3N2O2. The lowest BCUT2D eigenvalue weighted by atomic mass is 9.91. The number of carbonyl (C=O) groups is 1. The normalized spacial score (nSPS) is 18.1. The molecule has 0 N–H and O–H groups in total. The minimum atomic E-state index is -0.548. The van der Waals surface area contributed by atoms with Gasteiger partial charge in [0, 0.05) is 21.4 Å². The number of halogens is 3. The van der Waals surface area contributed by atoms with Crippen molar-refractivity contribution in [2.75, 3.05) is 7.11 Å². The number of hydrogen-bond acceptors (Lipinski definition) is 4. The summed E-state index contributed by atoms with van der Waals surface area (Å²) in [6.07, 6.45) is 3.76. The summed E-state index contributed by atoms with van der Waals surface area (Å²) in [5, 5.41) is 1.40. The summed E-state index contributed by atoms with van der Waals surface area (Å²) in [7, 11) is 1.32. The van der Waals surface area contributed by atoms with Crippen LogP contribution in [0.3, 0.4) is 0 Å². The predicted octanol–water partition coefficient (Wildman–Crippen LogP) is 5.18. The molecule has 2 aliphatic carbocycles. The summed E-state index contributed by atoms with van der Waals surface area (Å²) >= 11 is 19.0. The van der Waals surface area contributed by atoms with E-state index in [-0.39, 0.29) is 16.6 Å². The van der Waals surface area contributed by atoms with Crippen LogP contribution in [0.15, 0.2) is 18.2 Å². The molecule has 0 aliphatic heterocycles. The molecule has 0 spiro atoms. The average molecular weight is 398 g/mol. The van der Waals surface area contributed by atoms with Crippen molar-refractivity contribution in [1.29, 1.82) is 0 Å². The van der Waals surface area contributed by atoms with Crippen molar-refractivity contribution in [3.05, 3.63) is 56.0 Å². The maximum absolute atomic E-state index is 12.1. The molecule has 2 saturated carbocycles. The van der Waals surface area contributed by atoms with Crippen molar-refractivity contribution in [3.63, 3.8) is 0 Å². The van der Waals surface area contributed by atoms with Gasteiger partial charge in [-0.1, -0.05) is 40.9 Å². The van der Waals surface area contributed by atoms with Crippen LogP contribution >= 0.6 is 34.8 Å². The number of hydrogen-bond donors (Lipinski definition) is 0. The van der Waals surface area contributed by atoms with Gasteiger partial charge in [-0.2, -0.15) is 0 Å². The summed E-state index contributed by atoms with van der Waals surface area (Å²) in [5.74, 6) is 0.403. The van der Waals surface area contributed by atoms with E-state index in [1.54, 1.807) is 12.1 Å². The van der Waals surface area contributed by atoms with Crippen LogP contribution < -0.4 is 0 Å². The molecule has 7 heteroatoms. The topological polar surface area (TPSA) is 52.1 Å². The fraction of sp³-hybridized carbons (Fsp3) is 0.389. The van der Waals surface area contributed by atoms with E-state index in [1.807, 2.05) is 6.07 Å². The van der Waals surface area contributed by atoms with E-state index in [4.69, 9.17) is 44.5 Å². The standard InChI is InChI=1S/C18H15Cl3N2O2/c1-25-17(24)14-13(21)15(23-16(22-14)9-2-3-9)18(6-7-18)11-5-4-10(19)8-12(11)20/h4-5,8-9H,2-3,6-7H2,1H3. The van der Waals surface area contributed by atoms with Crippen LogP contribution in [0.1, 0.15) is 59.2 Å². The lowest BCUT2D eigenvalue weighted by Gasteiger charge is -2.20. The van der Waals surface area contributed by atoms with Gasteiger partial charge in [-0.15, -0.1) is 0 Å². The minimum Gasteiger partial charge on any atom is -0.464 e. The van der Waals surface area contributed by atoms with Gasteiger partial charge < -0.3 is 4.74 Å². The molecular weight excluding hydrogens is 383 g/mol. The summed E-state index contributed by atoms with van der Waals surface area (Å²) in [4.78, 5) is 21.2. The molecule has 0 bridgehead atoms. The molecule has 130 valence electrons. The Morgan fingerprint density at radius 2 is 1.92 bits per heavy atom. The van der Waals surface area contributed by atoms with E-state index in [1.165, 1.54) is 7.11 Å². The number of methoxy groups -OCH3 is 1. The van der Waals surface area contributed by atoms with Crippen LogP contribution in [0.5, 0.6) is 0 Å². The van der Waals surface area contributed by atoms with Crippen LogP contribution in [-0.4, -0.2) is 23.0 Å². The number of benzene rings is 1. The zero-order chi connectivity index (χ0) is 17.8. The number of aromatic nitrogens is 2. The number of carbonyl (C=O) groups excluding carboxylic acids is 1. The third kappa shape index (κ3) is 2.90. The Kier molecular flexibility index (Phi) is 4.18. The Labute approximate surface area is 160 Å². The Morgan fingerprint density at radius 3 is 2.48 bits per heavy atom. The van der Waals surface area contributed by atoms with Gasteiger partial charge in [-0.3, -0.25) is 0 Å². The summed E-state index contributed by atoms with van der Waals surface area (Å²) in [5.41, 5.74) is 1.33. The van der Waals surface area contributed by atoms with Crippen LogP contribution in [0, 0.1) is 0 Å². The van der Waals surface area contributed by atoms with Crippen LogP contribution in [0.25, 0.3) is 0 Å². The lowest BCUT2D eigenvalue weighted by Crippen LogP contribution is -2.18. The van der Waals surface area contributed by atoms with E-state index in [0.29, 0.717) is 21.6 Å². The average Bonchev–Trinajstić information content (AvgIpc) is 3.47. The second-order valence-corrected chi connectivity index (χ2v) is 7.79. The Hall–Kier alpha value is -1.36. The van der Waals surface area contributed by atoms with Crippen LogP contribution in [-0.2, 0) is 10.2 Å². The predicted molar refractivity (Wildman–Crippen MR) is 96.8 cm³/mol. The van der Waals surface area contributed by atoms with Crippen molar-refractivity contribution in [2.45, 2.75) is 37.0 Å². The number of rotatable bonds is 4. The summed E-state index contributed by atoms with van der Waals surface area (Å²) < 4.78 is 4.85. The maximum atomic E-state index is 12.1. The fourth-order valence-electron chi connectivity index (χ4n) is 3.17. The molecule has 2 aliphatic rings. The first-order chi connectivity index (χ1) is 12.0. The van der Waals surface area contributed by atoms with Crippen molar-refractivity contribution in [3.8, 4) is 0 Å². The summed E-state index contributed by atoms with van der Waals surface area (Å²) in [6.45, 7) is 0. The third-order valence-electron chi connectivity index (χ3n) is 4.84. The quantitative estimate of drug-likeness (QED) is 0.667. The van der Waals surface area contributed by atoms with Crippen molar-refractivity contribution in [1.82, 2.24) is 9.97 Å². The first-order valence-electron chi connectivity index (χ1n) is 8.08. The van der Waals surface area contributed by atoms with Gasteiger partial charge in [0.1, 0.15) is 5.82 Å². The van der Waals surface area contributed by atoms with E-state index >= 15 is 0 Å². The fourth-order valence-corrected chi connectivity index (χ4v) is 4.11. The summed E-state index contributed by atoms with van der Waals surface area (Å²) in [6, 6.07) is 5.43. The van der Waals surface area contributed by atoms with Crippen LogP contribution in [0.4, 0.5) is 0 Å². The first kappa shape index (κ1) is 17.1. The van der Waals surface area contributed by atoms with Gasteiger partial charge in [0.05, 0.1) is 17.8 Å². The molecule has 25 heavy (non-hydrogen) atoms. The van der Waals surface area contributed by atoms with Gasteiger partial charge in [-0.05, 0) is 43.4 Å². The molecule has 2 fully saturated rings. The zero-order valence-corrected chi connectivity index (χ0v) is 15.8. The monoisotopic (exact) mass is 396 g/mol.